The van der Waals surface area contributed by atoms with Crippen LogP contribution in [0.2, 0.25) is 0 Å². The summed E-state index contributed by atoms with van der Waals surface area (Å²) in [6, 6.07) is 24.1. The minimum Gasteiger partial charge on any atom is -0.385 e. The number of benzene rings is 3. The Labute approximate surface area is 181 Å². The maximum atomic E-state index is 10.9. The van der Waals surface area contributed by atoms with Crippen molar-refractivity contribution in [2.24, 2.45) is 0 Å². The summed E-state index contributed by atoms with van der Waals surface area (Å²) in [5.41, 5.74) is 1.94. The van der Waals surface area contributed by atoms with Crippen LogP contribution in [0.25, 0.3) is 10.8 Å². The Morgan fingerprint density at radius 2 is 1.71 bits per heavy atom. The molecule has 3 aromatic carbocycles. The summed E-state index contributed by atoms with van der Waals surface area (Å²) < 4.78 is 29.5. The molecular weight excluding hydrogens is 396 g/mol. The molecule has 5 rings (SSSR count). The van der Waals surface area contributed by atoms with Gasteiger partial charge in [-0.05, 0) is 22.4 Å². The van der Waals surface area contributed by atoms with E-state index in [1.165, 1.54) is 12.5 Å². The molecular formula is C25H26O6. The van der Waals surface area contributed by atoms with Crippen LogP contribution in [0.3, 0.4) is 0 Å². The molecule has 0 spiro atoms. The molecule has 162 valence electrons. The SMILES string of the molecule is CO[C@H]1O[C@@H]2CO[C@@H](c3ccccc3)O[C@H]2[C@H](OCc2ccc3ccccc3c2)[C@@H]1O. The van der Waals surface area contributed by atoms with E-state index < -0.39 is 37.0 Å². The molecule has 0 aromatic heterocycles. The van der Waals surface area contributed by atoms with E-state index in [4.69, 9.17) is 23.7 Å². The van der Waals surface area contributed by atoms with E-state index >= 15 is 0 Å². The lowest BCUT2D eigenvalue weighted by Gasteiger charge is -2.47. The molecule has 6 atom stereocenters. The monoisotopic (exact) mass is 422 g/mol. The second kappa shape index (κ2) is 9.04. The molecule has 2 heterocycles. The van der Waals surface area contributed by atoms with Crippen molar-refractivity contribution in [3.05, 3.63) is 83.9 Å². The van der Waals surface area contributed by atoms with Crippen LogP contribution in [-0.4, -0.2) is 49.5 Å². The Morgan fingerprint density at radius 1 is 0.935 bits per heavy atom. The fourth-order valence-electron chi connectivity index (χ4n) is 4.25. The smallest absolute Gasteiger partial charge is 0.186 e. The Balaban J connectivity index is 1.35. The Kier molecular flexibility index (Phi) is 6.00. The van der Waals surface area contributed by atoms with Crippen molar-refractivity contribution in [2.75, 3.05) is 13.7 Å². The lowest BCUT2D eigenvalue weighted by atomic mass is 9.97. The summed E-state index contributed by atoms with van der Waals surface area (Å²) in [5, 5.41) is 13.2. The molecule has 0 bridgehead atoms. The van der Waals surface area contributed by atoms with Gasteiger partial charge >= 0.3 is 0 Å². The molecule has 2 aliphatic heterocycles. The molecule has 2 saturated heterocycles. The first-order chi connectivity index (χ1) is 15.2. The average Bonchev–Trinajstić information content (AvgIpc) is 2.83. The van der Waals surface area contributed by atoms with E-state index in [1.807, 2.05) is 48.5 Å². The molecule has 0 unspecified atom stereocenters. The highest BCUT2D eigenvalue weighted by atomic mass is 16.8. The third-order valence-corrected chi connectivity index (χ3v) is 5.87. The van der Waals surface area contributed by atoms with Crippen molar-refractivity contribution < 1.29 is 28.8 Å². The number of ether oxygens (including phenoxy) is 5. The van der Waals surface area contributed by atoms with Gasteiger partial charge in [0.15, 0.2) is 12.6 Å². The molecule has 0 radical (unpaired) electrons. The van der Waals surface area contributed by atoms with Crippen LogP contribution in [-0.2, 0) is 30.3 Å². The van der Waals surface area contributed by atoms with Crippen LogP contribution in [0.5, 0.6) is 0 Å². The Morgan fingerprint density at radius 3 is 2.52 bits per heavy atom. The van der Waals surface area contributed by atoms with Gasteiger partial charge in [0.25, 0.3) is 0 Å². The van der Waals surface area contributed by atoms with Gasteiger partial charge in [-0.3, -0.25) is 0 Å². The van der Waals surface area contributed by atoms with E-state index in [2.05, 4.69) is 24.3 Å². The van der Waals surface area contributed by atoms with Gasteiger partial charge in [-0.25, -0.2) is 0 Å². The van der Waals surface area contributed by atoms with Gasteiger partial charge in [0, 0.05) is 12.7 Å². The maximum absolute atomic E-state index is 10.9. The highest BCUT2D eigenvalue weighted by molar-refractivity contribution is 5.82. The van der Waals surface area contributed by atoms with Crippen molar-refractivity contribution in [1.29, 1.82) is 0 Å². The molecule has 6 heteroatoms. The summed E-state index contributed by atoms with van der Waals surface area (Å²) in [4.78, 5) is 0. The molecule has 1 N–H and O–H groups in total. The van der Waals surface area contributed by atoms with Gasteiger partial charge in [-0.15, -0.1) is 0 Å². The standard InChI is InChI=1S/C25H26O6/c1-27-25-21(26)23(28-14-16-11-12-17-7-5-6-10-19(17)13-16)22-20(30-25)15-29-24(31-22)18-8-3-2-4-9-18/h2-13,20-26H,14-15H2,1H3/t20-,21+,22-,23-,24-,25+/m1/s1. The Bertz CT molecular complexity index is 1010. The first-order valence-electron chi connectivity index (χ1n) is 10.5. The highest BCUT2D eigenvalue weighted by Gasteiger charge is 2.50. The van der Waals surface area contributed by atoms with E-state index in [-0.39, 0.29) is 0 Å². The summed E-state index contributed by atoms with van der Waals surface area (Å²) >= 11 is 0. The van der Waals surface area contributed by atoms with Crippen molar-refractivity contribution in [3.8, 4) is 0 Å². The first kappa shape index (κ1) is 20.6. The number of methoxy groups -OCH3 is 1. The molecule has 6 nitrogen and oxygen atoms in total. The normalized spacial score (nSPS) is 30.8. The molecule has 31 heavy (non-hydrogen) atoms. The van der Waals surface area contributed by atoms with E-state index in [0.29, 0.717) is 13.2 Å². The number of aliphatic hydroxyl groups is 1. The van der Waals surface area contributed by atoms with E-state index in [0.717, 1.165) is 16.5 Å². The van der Waals surface area contributed by atoms with Crippen molar-refractivity contribution in [1.82, 2.24) is 0 Å². The second-order valence-electron chi connectivity index (χ2n) is 7.90. The zero-order valence-corrected chi connectivity index (χ0v) is 17.3. The predicted octanol–water partition coefficient (Wildman–Crippen LogP) is 3.57. The largest absolute Gasteiger partial charge is 0.385 e. The fraction of sp³-hybridized carbons (Fsp3) is 0.360. The summed E-state index contributed by atoms with van der Waals surface area (Å²) in [7, 11) is 1.51. The minimum atomic E-state index is -0.985. The number of hydrogen-bond acceptors (Lipinski definition) is 6. The molecule has 0 amide bonds. The molecule has 3 aromatic rings. The maximum Gasteiger partial charge on any atom is 0.186 e. The summed E-state index contributed by atoms with van der Waals surface area (Å²) in [5.74, 6) is 0. The topological polar surface area (TPSA) is 66.4 Å². The molecule has 2 aliphatic rings. The van der Waals surface area contributed by atoms with Crippen molar-refractivity contribution >= 4 is 10.8 Å². The molecule has 0 saturated carbocycles. The van der Waals surface area contributed by atoms with Crippen LogP contribution in [0, 0.1) is 0 Å². The van der Waals surface area contributed by atoms with Crippen LogP contribution >= 0.6 is 0 Å². The van der Waals surface area contributed by atoms with Gasteiger partial charge in [0.2, 0.25) is 0 Å². The van der Waals surface area contributed by atoms with E-state index in [9.17, 15) is 5.11 Å². The van der Waals surface area contributed by atoms with Gasteiger partial charge in [-0.1, -0.05) is 66.7 Å². The first-order valence-corrected chi connectivity index (χ1v) is 10.5. The number of rotatable bonds is 5. The molecule has 0 aliphatic carbocycles. The van der Waals surface area contributed by atoms with E-state index in [1.54, 1.807) is 0 Å². The van der Waals surface area contributed by atoms with Crippen LogP contribution in [0.4, 0.5) is 0 Å². The fourth-order valence-corrected chi connectivity index (χ4v) is 4.25. The molecule has 2 fully saturated rings. The third-order valence-electron chi connectivity index (χ3n) is 5.87. The van der Waals surface area contributed by atoms with Crippen LogP contribution in [0.1, 0.15) is 17.4 Å². The van der Waals surface area contributed by atoms with Crippen molar-refractivity contribution in [3.63, 3.8) is 0 Å². The van der Waals surface area contributed by atoms with Gasteiger partial charge in [0.1, 0.15) is 24.4 Å². The lowest BCUT2D eigenvalue weighted by Crippen LogP contribution is -2.62. The van der Waals surface area contributed by atoms with Gasteiger partial charge in [0.05, 0.1) is 13.2 Å². The van der Waals surface area contributed by atoms with Crippen LogP contribution in [0.15, 0.2) is 72.8 Å². The number of fused-ring (bicyclic) bond motifs is 2. The summed E-state index contributed by atoms with van der Waals surface area (Å²) in [6.45, 7) is 0.666. The zero-order chi connectivity index (χ0) is 21.2. The van der Waals surface area contributed by atoms with Crippen LogP contribution < -0.4 is 0 Å². The minimum absolute atomic E-state index is 0.326. The second-order valence-corrected chi connectivity index (χ2v) is 7.90. The Hall–Kier alpha value is -2.32. The van der Waals surface area contributed by atoms with Gasteiger partial charge < -0.3 is 28.8 Å². The van der Waals surface area contributed by atoms with Crippen molar-refractivity contribution in [2.45, 2.75) is 43.6 Å². The zero-order valence-electron chi connectivity index (χ0n) is 17.3. The quantitative estimate of drug-likeness (QED) is 0.678. The summed E-state index contributed by atoms with van der Waals surface area (Å²) in [6.07, 6.45) is -3.82. The lowest BCUT2D eigenvalue weighted by molar-refractivity contribution is -0.363. The van der Waals surface area contributed by atoms with Gasteiger partial charge in [-0.2, -0.15) is 0 Å². The third kappa shape index (κ3) is 4.23. The highest BCUT2D eigenvalue weighted by Crippen LogP contribution is 2.35. The number of hydrogen-bond donors (Lipinski definition) is 1. The average molecular weight is 422 g/mol. The predicted molar refractivity (Wildman–Crippen MR) is 114 cm³/mol. The number of aliphatic hydroxyl groups excluding tert-OH is 1.